The van der Waals surface area contributed by atoms with Gasteiger partial charge in [0.2, 0.25) is 0 Å². The van der Waals surface area contributed by atoms with E-state index in [-0.39, 0.29) is 5.82 Å². The summed E-state index contributed by atoms with van der Waals surface area (Å²) in [5.74, 6) is 2.59. The summed E-state index contributed by atoms with van der Waals surface area (Å²) in [7, 11) is 3.27. The van der Waals surface area contributed by atoms with E-state index in [0.29, 0.717) is 17.9 Å². The Morgan fingerprint density at radius 1 is 0.962 bits per heavy atom. The Morgan fingerprint density at radius 3 is 2.54 bits per heavy atom. The molecule has 0 atom stereocenters. The molecule has 0 radical (unpaired) electrons. The molecule has 0 amide bonds. The lowest BCUT2D eigenvalue weighted by Crippen LogP contribution is -2.83. The zero-order valence-corrected chi connectivity index (χ0v) is 15.0. The number of methoxy groups -OCH3 is 2. The first-order valence-electron chi connectivity index (χ1n) is 8.57. The molecule has 26 heavy (non-hydrogen) atoms. The van der Waals surface area contributed by atoms with Gasteiger partial charge in [-0.3, -0.25) is 0 Å². The summed E-state index contributed by atoms with van der Waals surface area (Å²) < 4.78 is 30.1. The zero-order chi connectivity index (χ0) is 18.4. The van der Waals surface area contributed by atoms with E-state index < -0.39 is 0 Å². The second-order valence-corrected chi connectivity index (χ2v) is 5.97. The number of benzene rings is 2. The standard InChI is InChI=1S/C21H22FNO3/c1-24-20-9-7-15(13-21(20)25-2)11-12-23-14-16-8-10-19(26-16)17-5-3-4-6-18(17)22/h3-10,13,23H,11-12,14H2,1-2H3/p+1. The molecule has 136 valence electrons. The first-order valence-corrected chi connectivity index (χ1v) is 8.57. The van der Waals surface area contributed by atoms with Crippen LogP contribution >= 0.6 is 0 Å². The first kappa shape index (κ1) is 18.0. The molecule has 0 unspecified atom stereocenters. The topological polar surface area (TPSA) is 48.2 Å². The molecule has 0 aliphatic rings. The maximum atomic E-state index is 13.8. The predicted molar refractivity (Wildman–Crippen MR) is 97.8 cm³/mol. The molecule has 2 N–H and O–H groups in total. The highest BCUT2D eigenvalue weighted by Crippen LogP contribution is 2.27. The Balaban J connectivity index is 1.52. The van der Waals surface area contributed by atoms with Crippen molar-refractivity contribution < 1.29 is 23.6 Å². The SMILES string of the molecule is COc1ccc(CC[NH2+]Cc2ccc(-c3ccccc3F)o2)cc1OC. The molecule has 0 saturated heterocycles. The summed E-state index contributed by atoms with van der Waals surface area (Å²) in [6, 6.07) is 16.3. The van der Waals surface area contributed by atoms with Crippen LogP contribution in [0.25, 0.3) is 11.3 Å². The molecular weight excluding hydrogens is 333 g/mol. The van der Waals surface area contributed by atoms with Crippen LogP contribution in [0.3, 0.4) is 0 Å². The smallest absolute Gasteiger partial charge is 0.160 e. The number of hydrogen-bond donors (Lipinski definition) is 1. The minimum Gasteiger partial charge on any atom is -0.493 e. The number of halogens is 1. The van der Waals surface area contributed by atoms with Gasteiger partial charge < -0.3 is 19.2 Å². The summed E-state index contributed by atoms with van der Waals surface area (Å²) in [5.41, 5.74) is 1.68. The lowest BCUT2D eigenvalue weighted by atomic mass is 10.1. The molecule has 4 nitrogen and oxygen atoms in total. The highest BCUT2D eigenvalue weighted by atomic mass is 19.1. The average Bonchev–Trinajstić information content (AvgIpc) is 3.14. The van der Waals surface area contributed by atoms with Gasteiger partial charge in [0.15, 0.2) is 17.3 Å². The van der Waals surface area contributed by atoms with Crippen LogP contribution in [0.4, 0.5) is 4.39 Å². The van der Waals surface area contributed by atoms with Gasteiger partial charge in [-0.2, -0.15) is 0 Å². The van der Waals surface area contributed by atoms with Crippen molar-refractivity contribution >= 4 is 0 Å². The van der Waals surface area contributed by atoms with Crippen molar-refractivity contribution in [3.05, 3.63) is 71.7 Å². The molecule has 1 heterocycles. The van der Waals surface area contributed by atoms with Gasteiger partial charge in [-0.05, 0) is 42.0 Å². The fraction of sp³-hybridized carbons (Fsp3) is 0.238. The van der Waals surface area contributed by atoms with Gasteiger partial charge in [0.05, 0.1) is 26.3 Å². The average molecular weight is 356 g/mol. The van der Waals surface area contributed by atoms with Crippen LogP contribution < -0.4 is 14.8 Å². The third kappa shape index (κ3) is 4.24. The van der Waals surface area contributed by atoms with E-state index in [4.69, 9.17) is 13.9 Å². The van der Waals surface area contributed by atoms with E-state index in [9.17, 15) is 4.39 Å². The molecule has 0 aliphatic heterocycles. The maximum Gasteiger partial charge on any atom is 0.160 e. The van der Waals surface area contributed by atoms with Crippen LogP contribution in [0.5, 0.6) is 11.5 Å². The van der Waals surface area contributed by atoms with Gasteiger partial charge in [0, 0.05) is 6.42 Å². The van der Waals surface area contributed by atoms with Crippen molar-refractivity contribution in [1.29, 1.82) is 0 Å². The highest BCUT2D eigenvalue weighted by Gasteiger charge is 2.10. The molecule has 0 spiro atoms. The number of furan rings is 1. The van der Waals surface area contributed by atoms with Crippen molar-refractivity contribution in [3.8, 4) is 22.8 Å². The van der Waals surface area contributed by atoms with E-state index in [1.165, 1.54) is 11.6 Å². The number of quaternary nitrogens is 1. The molecule has 0 aliphatic carbocycles. The second kappa shape index (κ2) is 8.54. The Bertz CT molecular complexity index is 860. The Morgan fingerprint density at radius 2 is 1.77 bits per heavy atom. The molecule has 0 bridgehead atoms. The lowest BCUT2D eigenvalue weighted by Gasteiger charge is -2.09. The van der Waals surface area contributed by atoms with E-state index >= 15 is 0 Å². The van der Waals surface area contributed by atoms with Crippen LogP contribution in [-0.4, -0.2) is 20.8 Å². The molecule has 5 heteroatoms. The molecule has 0 saturated carbocycles. The minimum atomic E-state index is -0.272. The Hall–Kier alpha value is -2.79. The van der Waals surface area contributed by atoms with Gasteiger partial charge in [-0.1, -0.05) is 18.2 Å². The number of hydrogen-bond acceptors (Lipinski definition) is 3. The third-order valence-corrected chi connectivity index (χ3v) is 4.23. The van der Waals surface area contributed by atoms with Gasteiger partial charge in [-0.15, -0.1) is 0 Å². The van der Waals surface area contributed by atoms with Crippen LogP contribution in [0, 0.1) is 5.82 Å². The molecule has 0 fully saturated rings. The molecule has 2 aromatic carbocycles. The lowest BCUT2D eigenvalue weighted by molar-refractivity contribution is -0.671. The van der Waals surface area contributed by atoms with Crippen molar-refractivity contribution in [2.24, 2.45) is 0 Å². The number of ether oxygens (including phenoxy) is 2. The van der Waals surface area contributed by atoms with E-state index in [1.807, 2.05) is 30.3 Å². The molecule has 3 aromatic rings. The van der Waals surface area contributed by atoms with Crippen LogP contribution in [-0.2, 0) is 13.0 Å². The van der Waals surface area contributed by atoms with Gasteiger partial charge in [-0.25, -0.2) is 4.39 Å². The number of nitrogens with two attached hydrogens (primary N) is 1. The van der Waals surface area contributed by atoms with Gasteiger partial charge >= 0.3 is 0 Å². The molecule has 3 rings (SSSR count). The summed E-state index contributed by atoms with van der Waals surface area (Å²) in [6.45, 7) is 1.62. The van der Waals surface area contributed by atoms with Crippen molar-refractivity contribution in [2.45, 2.75) is 13.0 Å². The van der Waals surface area contributed by atoms with Gasteiger partial charge in [0.25, 0.3) is 0 Å². The fourth-order valence-electron chi connectivity index (χ4n) is 2.84. The monoisotopic (exact) mass is 356 g/mol. The Labute approximate surface area is 152 Å². The van der Waals surface area contributed by atoms with Gasteiger partial charge in [0.1, 0.15) is 18.1 Å². The van der Waals surface area contributed by atoms with Crippen LogP contribution in [0.2, 0.25) is 0 Å². The van der Waals surface area contributed by atoms with Crippen LogP contribution in [0.1, 0.15) is 11.3 Å². The summed E-state index contributed by atoms with van der Waals surface area (Å²) in [5, 5.41) is 2.17. The summed E-state index contributed by atoms with van der Waals surface area (Å²) in [4.78, 5) is 0. The second-order valence-electron chi connectivity index (χ2n) is 5.97. The van der Waals surface area contributed by atoms with Crippen molar-refractivity contribution in [3.63, 3.8) is 0 Å². The normalized spacial score (nSPS) is 10.7. The van der Waals surface area contributed by atoms with E-state index in [1.54, 1.807) is 32.4 Å². The predicted octanol–water partition coefficient (Wildman–Crippen LogP) is 3.41. The third-order valence-electron chi connectivity index (χ3n) is 4.23. The maximum absolute atomic E-state index is 13.8. The molecule has 1 aromatic heterocycles. The van der Waals surface area contributed by atoms with E-state index in [2.05, 4.69) is 5.32 Å². The highest BCUT2D eigenvalue weighted by molar-refractivity contribution is 5.58. The first-order chi connectivity index (χ1) is 12.7. The number of rotatable bonds is 8. The quantitative estimate of drug-likeness (QED) is 0.629. The molecular formula is C21H23FNO3+. The van der Waals surface area contributed by atoms with Crippen molar-refractivity contribution in [1.82, 2.24) is 0 Å². The van der Waals surface area contributed by atoms with E-state index in [0.717, 1.165) is 30.2 Å². The summed E-state index contributed by atoms with van der Waals surface area (Å²) in [6.07, 6.45) is 0.904. The minimum absolute atomic E-state index is 0.272. The van der Waals surface area contributed by atoms with Crippen LogP contribution in [0.15, 0.2) is 59.0 Å². The Kier molecular flexibility index (Phi) is 5.92. The fourth-order valence-corrected chi connectivity index (χ4v) is 2.84. The summed E-state index contributed by atoms with van der Waals surface area (Å²) >= 11 is 0. The van der Waals surface area contributed by atoms with Crippen molar-refractivity contribution in [2.75, 3.05) is 20.8 Å². The largest absolute Gasteiger partial charge is 0.493 e. The zero-order valence-electron chi connectivity index (χ0n) is 15.0.